The second-order valence-corrected chi connectivity index (χ2v) is 6.42. The van der Waals surface area contributed by atoms with Crippen molar-refractivity contribution < 1.29 is 0 Å². The summed E-state index contributed by atoms with van der Waals surface area (Å²) in [6, 6.07) is 15.9. The molecule has 2 rings (SSSR count). The van der Waals surface area contributed by atoms with Crippen LogP contribution in [0.25, 0.3) is 0 Å². The molecule has 20 heavy (non-hydrogen) atoms. The highest BCUT2D eigenvalue weighted by Crippen LogP contribution is 2.22. The molecular formula is C18H22BrN. The lowest BCUT2D eigenvalue weighted by atomic mass is 10.0. The van der Waals surface area contributed by atoms with Crippen molar-refractivity contribution in [3.8, 4) is 0 Å². The molecule has 0 radical (unpaired) electrons. The van der Waals surface area contributed by atoms with Crippen LogP contribution in [0.2, 0.25) is 0 Å². The molecule has 0 aliphatic heterocycles. The van der Waals surface area contributed by atoms with Crippen molar-refractivity contribution in [2.75, 3.05) is 0 Å². The number of rotatable bonds is 4. The number of halogens is 1. The predicted octanol–water partition coefficient (Wildman–Crippen LogP) is 5.48. The van der Waals surface area contributed by atoms with E-state index in [4.69, 9.17) is 0 Å². The highest BCUT2D eigenvalue weighted by molar-refractivity contribution is 9.10. The van der Waals surface area contributed by atoms with E-state index in [1.54, 1.807) is 0 Å². The van der Waals surface area contributed by atoms with Crippen LogP contribution in [0, 0.1) is 13.8 Å². The maximum absolute atomic E-state index is 3.66. The topological polar surface area (TPSA) is 12.0 Å². The van der Waals surface area contributed by atoms with Gasteiger partial charge in [-0.3, -0.25) is 0 Å². The van der Waals surface area contributed by atoms with Gasteiger partial charge < -0.3 is 5.32 Å². The van der Waals surface area contributed by atoms with E-state index in [-0.39, 0.29) is 0 Å². The number of nitrogens with one attached hydrogen (secondary N) is 1. The van der Waals surface area contributed by atoms with Gasteiger partial charge >= 0.3 is 0 Å². The van der Waals surface area contributed by atoms with Gasteiger partial charge in [0.2, 0.25) is 0 Å². The minimum Gasteiger partial charge on any atom is -0.304 e. The molecule has 0 aliphatic carbocycles. The molecule has 0 aromatic heterocycles. The lowest BCUT2D eigenvalue weighted by Crippen LogP contribution is -2.22. The van der Waals surface area contributed by atoms with Gasteiger partial charge in [0.05, 0.1) is 0 Å². The molecule has 0 spiro atoms. The standard InChI is InChI=1S/C18H22BrN/c1-12-5-6-17(11-13(12)2)15(4)20-14(3)16-7-9-18(19)10-8-16/h5-11,14-15,20H,1-4H3. The van der Waals surface area contributed by atoms with E-state index in [0.717, 1.165) is 4.47 Å². The summed E-state index contributed by atoms with van der Waals surface area (Å²) < 4.78 is 1.12. The lowest BCUT2D eigenvalue weighted by Gasteiger charge is -2.21. The molecule has 0 aliphatic rings. The molecule has 1 nitrogen and oxygen atoms in total. The highest BCUT2D eigenvalue weighted by Gasteiger charge is 2.11. The fourth-order valence-corrected chi connectivity index (χ4v) is 2.62. The molecule has 2 aromatic rings. The van der Waals surface area contributed by atoms with Gasteiger partial charge in [-0.1, -0.05) is 46.3 Å². The largest absolute Gasteiger partial charge is 0.304 e. The molecule has 0 saturated heterocycles. The average Bonchev–Trinajstić information content (AvgIpc) is 2.42. The Balaban J connectivity index is 2.08. The zero-order valence-corrected chi connectivity index (χ0v) is 14.2. The molecule has 0 saturated carbocycles. The van der Waals surface area contributed by atoms with E-state index in [1.807, 2.05) is 0 Å². The van der Waals surface area contributed by atoms with E-state index in [0.29, 0.717) is 12.1 Å². The van der Waals surface area contributed by atoms with Gasteiger partial charge in [-0.05, 0) is 62.1 Å². The van der Waals surface area contributed by atoms with E-state index < -0.39 is 0 Å². The van der Waals surface area contributed by atoms with Crippen LogP contribution in [-0.2, 0) is 0 Å². The smallest absolute Gasteiger partial charge is 0.0297 e. The van der Waals surface area contributed by atoms with Crippen molar-refractivity contribution in [2.45, 2.75) is 39.8 Å². The van der Waals surface area contributed by atoms with E-state index in [2.05, 4.69) is 91.4 Å². The molecule has 2 aromatic carbocycles. The van der Waals surface area contributed by atoms with Gasteiger partial charge in [0, 0.05) is 16.6 Å². The first kappa shape index (κ1) is 15.3. The Bertz CT molecular complexity index is 574. The Labute approximate surface area is 130 Å². The van der Waals surface area contributed by atoms with Gasteiger partial charge in [0.1, 0.15) is 0 Å². The van der Waals surface area contributed by atoms with E-state index in [9.17, 15) is 0 Å². The number of aryl methyl sites for hydroxylation is 2. The highest BCUT2D eigenvalue weighted by atomic mass is 79.9. The first-order valence-corrected chi connectivity index (χ1v) is 7.85. The fraction of sp³-hybridized carbons (Fsp3) is 0.333. The van der Waals surface area contributed by atoms with Gasteiger partial charge in [0.15, 0.2) is 0 Å². The molecule has 0 bridgehead atoms. The summed E-state index contributed by atoms with van der Waals surface area (Å²) >= 11 is 3.48. The molecule has 0 amide bonds. The molecule has 2 atom stereocenters. The molecule has 2 unspecified atom stereocenters. The van der Waals surface area contributed by atoms with Crippen molar-refractivity contribution in [1.82, 2.24) is 5.32 Å². The molecule has 0 heterocycles. The van der Waals surface area contributed by atoms with Gasteiger partial charge in [-0.15, -0.1) is 0 Å². The van der Waals surface area contributed by atoms with Crippen molar-refractivity contribution in [3.05, 3.63) is 69.2 Å². The van der Waals surface area contributed by atoms with Crippen molar-refractivity contribution in [3.63, 3.8) is 0 Å². The van der Waals surface area contributed by atoms with Crippen LogP contribution >= 0.6 is 15.9 Å². The normalized spacial score (nSPS) is 14.1. The van der Waals surface area contributed by atoms with Crippen LogP contribution in [0.3, 0.4) is 0 Å². The third-order valence-electron chi connectivity index (χ3n) is 3.90. The first-order chi connectivity index (χ1) is 9.47. The van der Waals surface area contributed by atoms with Gasteiger partial charge in [-0.2, -0.15) is 0 Å². The monoisotopic (exact) mass is 331 g/mol. The predicted molar refractivity (Wildman–Crippen MR) is 90.0 cm³/mol. The quantitative estimate of drug-likeness (QED) is 0.782. The molecule has 1 N–H and O–H groups in total. The van der Waals surface area contributed by atoms with Crippen LogP contribution in [0.5, 0.6) is 0 Å². The third kappa shape index (κ3) is 3.71. The summed E-state index contributed by atoms with van der Waals surface area (Å²) in [6.45, 7) is 8.76. The summed E-state index contributed by atoms with van der Waals surface area (Å²) in [6.07, 6.45) is 0. The second kappa shape index (κ2) is 6.55. The van der Waals surface area contributed by atoms with Crippen molar-refractivity contribution in [2.24, 2.45) is 0 Å². The Kier molecular flexibility index (Phi) is 5.00. The molecular weight excluding hydrogens is 310 g/mol. The Morgan fingerprint density at radius 1 is 0.800 bits per heavy atom. The summed E-state index contributed by atoms with van der Waals surface area (Å²) in [5.74, 6) is 0. The Morgan fingerprint density at radius 2 is 1.35 bits per heavy atom. The van der Waals surface area contributed by atoms with Gasteiger partial charge in [-0.25, -0.2) is 0 Å². The summed E-state index contributed by atoms with van der Waals surface area (Å²) in [5.41, 5.74) is 5.36. The summed E-state index contributed by atoms with van der Waals surface area (Å²) in [5, 5.41) is 3.66. The zero-order valence-electron chi connectivity index (χ0n) is 12.6. The molecule has 0 fully saturated rings. The summed E-state index contributed by atoms with van der Waals surface area (Å²) in [4.78, 5) is 0. The number of benzene rings is 2. The SMILES string of the molecule is Cc1ccc(C(C)NC(C)c2ccc(Br)cc2)cc1C. The molecule has 2 heteroatoms. The second-order valence-electron chi connectivity index (χ2n) is 5.51. The van der Waals surface area contributed by atoms with Gasteiger partial charge in [0.25, 0.3) is 0 Å². The Morgan fingerprint density at radius 3 is 1.95 bits per heavy atom. The maximum atomic E-state index is 3.66. The molecule has 106 valence electrons. The zero-order chi connectivity index (χ0) is 14.7. The third-order valence-corrected chi connectivity index (χ3v) is 4.43. The van der Waals surface area contributed by atoms with Crippen LogP contribution in [0.1, 0.15) is 48.2 Å². The number of hydrogen-bond donors (Lipinski definition) is 1. The van der Waals surface area contributed by atoms with E-state index >= 15 is 0 Å². The van der Waals surface area contributed by atoms with Crippen LogP contribution in [0.15, 0.2) is 46.9 Å². The fourth-order valence-electron chi connectivity index (χ4n) is 2.35. The minimum absolute atomic E-state index is 0.333. The van der Waals surface area contributed by atoms with Crippen LogP contribution < -0.4 is 5.32 Å². The Hall–Kier alpha value is -1.12. The van der Waals surface area contributed by atoms with Crippen LogP contribution in [-0.4, -0.2) is 0 Å². The summed E-state index contributed by atoms with van der Waals surface area (Å²) in [7, 11) is 0. The number of hydrogen-bond acceptors (Lipinski definition) is 1. The van der Waals surface area contributed by atoms with Crippen molar-refractivity contribution >= 4 is 15.9 Å². The minimum atomic E-state index is 0.333. The average molecular weight is 332 g/mol. The first-order valence-electron chi connectivity index (χ1n) is 7.06. The maximum Gasteiger partial charge on any atom is 0.0297 e. The van der Waals surface area contributed by atoms with Crippen LogP contribution in [0.4, 0.5) is 0 Å². The lowest BCUT2D eigenvalue weighted by molar-refractivity contribution is 0.494. The van der Waals surface area contributed by atoms with Crippen molar-refractivity contribution in [1.29, 1.82) is 0 Å². The van der Waals surface area contributed by atoms with E-state index in [1.165, 1.54) is 22.3 Å².